The van der Waals surface area contributed by atoms with Gasteiger partial charge in [0.2, 0.25) is 0 Å². The van der Waals surface area contributed by atoms with Gasteiger partial charge in [0.1, 0.15) is 0 Å². The quantitative estimate of drug-likeness (QED) is 0.875. The summed E-state index contributed by atoms with van der Waals surface area (Å²) in [6, 6.07) is 0. The Kier molecular flexibility index (Phi) is 3.95. The van der Waals surface area contributed by atoms with Gasteiger partial charge in [-0.25, -0.2) is 0 Å². The fraction of sp³-hybridized carbons (Fsp3) is 0.538. The third-order valence-electron chi connectivity index (χ3n) is 2.79. The van der Waals surface area contributed by atoms with E-state index in [1.165, 1.54) is 7.11 Å². The van der Waals surface area contributed by atoms with Crippen molar-refractivity contribution in [2.45, 2.75) is 39.7 Å². The predicted molar refractivity (Wildman–Crippen MR) is 71.1 cm³/mol. The van der Waals surface area contributed by atoms with Gasteiger partial charge in [-0.1, -0.05) is 11.6 Å². The molecule has 0 saturated heterocycles. The van der Waals surface area contributed by atoms with Crippen LogP contribution in [0, 0.1) is 13.8 Å². The molecule has 0 heterocycles. The fourth-order valence-electron chi connectivity index (χ4n) is 1.93. The summed E-state index contributed by atoms with van der Waals surface area (Å²) in [4.78, 5) is 0. The van der Waals surface area contributed by atoms with Crippen molar-refractivity contribution in [3.8, 4) is 11.5 Å². The molecule has 0 aromatic heterocycles. The molecule has 3 nitrogen and oxygen atoms in total. The smallest absolute Gasteiger partial charge is 0.165 e. The standard InChI is InChI=1S/C13H20ClNO2/c1-7-9(6-13(3,4)15)11(16)12(17-5)8(2)10(7)14/h16H,6,15H2,1-5H3. The lowest BCUT2D eigenvalue weighted by atomic mass is 9.91. The van der Waals surface area contributed by atoms with Gasteiger partial charge in [0.15, 0.2) is 11.5 Å². The zero-order valence-electron chi connectivity index (χ0n) is 11.0. The molecule has 0 aliphatic heterocycles. The molecule has 0 atom stereocenters. The van der Waals surface area contributed by atoms with Crippen LogP contribution in [-0.2, 0) is 6.42 Å². The lowest BCUT2D eigenvalue weighted by Crippen LogP contribution is -2.34. The van der Waals surface area contributed by atoms with Gasteiger partial charge < -0.3 is 15.6 Å². The van der Waals surface area contributed by atoms with E-state index in [9.17, 15) is 5.11 Å². The summed E-state index contributed by atoms with van der Waals surface area (Å²) in [5.41, 5.74) is 7.95. The Morgan fingerprint density at radius 3 is 2.24 bits per heavy atom. The maximum atomic E-state index is 10.2. The van der Waals surface area contributed by atoms with Crippen LogP contribution < -0.4 is 10.5 Å². The number of nitrogens with two attached hydrogens (primary N) is 1. The van der Waals surface area contributed by atoms with Crippen LogP contribution in [0.5, 0.6) is 11.5 Å². The van der Waals surface area contributed by atoms with Gasteiger partial charge in [-0.3, -0.25) is 0 Å². The van der Waals surface area contributed by atoms with E-state index in [0.29, 0.717) is 17.2 Å². The summed E-state index contributed by atoms with van der Waals surface area (Å²) < 4.78 is 5.19. The molecule has 1 rings (SSSR count). The number of hydrogen-bond donors (Lipinski definition) is 2. The Morgan fingerprint density at radius 2 is 1.82 bits per heavy atom. The fourth-order valence-corrected chi connectivity index (χ4v) is 2.13. The second-order valence-corrected chi connectivity index (χ2v) is 5.47. The molecule has 0 bridgehead atoms. The zero-order valence-corrected chi connectivity index (χ0v) is 11.8. The molecule has 1 aromatic carbocycles. The molecule has 0 aliphatic carbocycles. The summed E-state index contributed by atoms with van der Waals surface area (Å²) in [5, 5.41) is 10.8. The Morgan fingerprint density at radius 1 is 1.29 bits per heavy atom. The average molecular weight is 258 g/mol. The van der Waals surface area contributed by atoms with Crippen molar-refractivity contribution >= 4 is 11.6 Å². The van der Waals surface area contributed by atoms with Gasteiger partial charge in [-0.2, -0.15) is 0 Å². The number of methoxy groups -OCH3 is 1. The number of rotatable bonds is 3. The van der Waals surface area contributed by atoms with Crippen LogP contribution in [-0.4, -0.2) is 17.8 Å². The lowest BCUT2D eigenvalue weighted by molar-refractivity contribution is 0.364. The molecule has 17 heavy (non-hydrogen) atoms. The SMILES string of the molecule is COc1c(C)c(Cl)c(C)c(CC(C)(C)N)c1O. The Hall–Kier alpha value is -0.930. The summed E-state index contributed by atoms with van der Waals surface area (Å²) in [5.74, 6) is 0.574. The zero-order chi connectivity index (χ0) is 13.4. The van der Waals surface area contributed by atoms with E-state index in [2.05, 4.69) is 0 Å². The Labute approximate surface area is 108 Å². The highest BCUT2D eigenvalue weighted by Crippen LogP contribution is 2.42. The highest BCUT2D eigenvalue weighted by atomic mass is 35.5. The van der Waals surface area contributed by atoms with Gasteiger partial charge in [0.05, 0.1) is 12.1 Å². The van der Waals surface area contributed by atoms with E-state index in [1.807, 2.05) is 27.7 Å². The molecule has 0 saturated carbocycles. The van der Waals surface area contributed by atoms with E-state index in [4.69, 9.17) is 22.1 Å². The molecular formula is C13H20ClNO2. The van der Waals surface area contributed by atoms with Crippen LogP contribution in [0.2, 0.25) is 5.02 Å². The average Bonchev–Trinajstić information content (AvgIpc) is 2.21. The lowest BCUT2D eigenvalue weighted by Gasteiger charge is -2.23. The monoisotopic (exact) mass is 257 g/mol. The number of ether oxygens (including phenoxy) is 1. The Balaban J connectivity index is 3.45. The topological polar surface area (TPSA) is 55.5 Å². The number of phenolic OH excluding ortho intramolecular Hbond substituents is 1. The van der Waals surface area contributed by atoms with Crippen molar-refractivity contribution in [2.75, 3.05) is 7.11 Å². The predicted octanol–water partition coefficient (Wildman–Crippen LogP) is 2.95. The van der Waals surface area contributed by atoms with Gasteiger partial charge >= 0.3 is 0 Å². The minimum Gasteiger partial charge on any atom is -0.504 e. The molecule has 0 amide bonds. The van der Waals surface area contributed by atoms with Crippen molar-refractivity contribution in [3.05, 3.63) is 21.7 Å². The summed E-state index contributed by atoms with van der Waals surface area (Å²) in [7, 11) is 1.52. The van der Waals surface area contributed by atoms with Crippen molar-refractivity contribution in [3.63, 3.8) is 0 Å². The first-order valence-corrected chi connectivity index (χ1v) is 5.90. The van der Waals surface area contributed by atoms with Crippen molar-refractivity contribution in [2.24, 2.45) is 5.73 Å². The second-order valence-electron chi connectivity index (χ2n) is 5.09. The number of halogens is 1. The van der Waals surface area contributed by atoms with Crippen LogP contribution in [0.3, 0.4) is 0 Å². The van der Waals surface area contributed by atoms with E-state index in [1.54, 1.807) is 0 Å². The van der Waals surface area contributed by atoms with Crippen LogP contribution in [0.1, 0.15) is 30.5 Å². The third-order valence-corrected chi connectivity index (χ3v) is 3.36. The maximum Gasteiger partial charge on any atom is 0.165 e. The summed E-state index contributed by atoms with van der Waals surface area (Å²) >= 11 is 6.24. The molecule has 0 fully saturated rings. The normalized spacial score (nSPS) is 11.7. The van der Waals surface area contributed by atoms with Gasteiger partial charge in [0, 0.05) is 16.7 Å². The molecule has 0 unspecified atom stereocenters. The summed E-state index contributed by atoms with van der Waals surface area (Å²) in [6.45, 7) is 7.53. The van der Waals surface area contributed by atoms with Gasteiger partial charge in [-0.05, 0) is 39.7 Å². The molecule has 96 valence electrons. The van der Waals surface area contributed by atoms with Crippen LogP contribution in [0.25, 0.3) is 0 Å². The van der Waals surface area contributed by atoms with Gasteiger partial charge in [-0.15, -0.1) is 0 Å². The minimum atomic E-state index is -0.411. The highest BCUT2D eigenvalue weighted by Gasteiger charge is 2.23. The first-order chi connectivity index (χ1) is 7.69. The van der Waals surface area contributed by atoms with Crippen LogP contribution >= 0.6 is 11.6 Å². The first-order valence-electron chi connectivity index (χ1n) is 5.52. The van der Waals surface area contributed by atoms with Crippen molar-refractivity contribution in [1.82, 2.24) is 0 Å². The largest absolute Gasteiger partial charge is 0.504 e. The van der Waals surface area contributed by atoms with Crippen molar-refractivity contribution < 1.29 is 9.84 Å². The second kappa shape index (κ2) is 4.75. The van der Waals surface area contributed by atoms with Gasteiger partial charge in [0.25, 0.3) is 0 Å². The first kappa shape index (κ1) is 14.1. The molecule has 3 N–H and O–H groups in total. The van der Waals surface area contributed by atoms with E-state index in [-0.39, 0.29) is 5.75 Å². The van der Waals surface area contributed by atoms with Crippen molar-refractivity contribution in [1.29, 1.82) is 0 Å². The number of benzene rings is 1. The number of aromatic hydroxyl groups is 1. The molecule has 0 radical (unpaired) electrons. The molecular weight excluding hydrogens is 238 g/mol. The maximum absolute atomic E-state index is 10.2. The molecule has 0 spiro atoms. The van der Waals surface area contributed by atoms with Crippen LogP contribution in [0.4, 0.5) is 0 Å². The Bertz CT molecular complexity index is 436. The number of phenols is 1. The molecule has 4 heteroatoms. The minimum absolute atomic E-state index is 0.144. The van der Waals surface area contributed by atoms with Crippen LogP contribution in [0.15, 0.2) is 0 Å². The highest BCUT2D eigenvalue weighted by molar-refractivity contribution is 6.32. The van der Waals surface area contributed by atoms with E-state index < -0.39 is 5.54 Å². The molecule has 1 aromatic rings. The van der Waals surface area contributed by atoms with E-state index >= 15 is 0 Å². The van der Waals surface area contributed by atoms with E-state index in [0.717, 1.165) is 16.7 Å². The summed E-state index contributed by atoms with van der Waals surface area (Å²) in [6.07, 6.45) is 0.543. The molecule has 0 aliphatic rings. The third kappa shape index (κ3) is 2.85. The number of hydrogen-bond acceptors (Lipinski definition) is 3.